The Hall–Kier alpha value is -2.08. The van der Waals surface area contributed by atoms with E-state index in [0.29, 0.717) is 10.9 Å². The molecule has 1 N–H and O–H groups in total. The lowest BCUT2D eigenvalue weighted by Crippen LogP contribution is -2.29. The zero-order valence-corrected chi connectivity index (χ0v) is 14.0. The summed E-state index contributed by atoms with van der Waals surface area (Å²) in [7, 11) is 0. The lowest BCUT2D eigenvalue weighted by molar-refractivity contribution is -0.116. The first kappa shape index (κ1) is 16.3. The van der Waals surface area contributed by atoms with E-state index in [1.54, 1.807) is 6.92 Å². The molecule has 1 amide bonds. The maximum Gasteiger partial charge on any atom is 0.254 e. The molecule has 0 atom stereocenters. The number of benzene rings is 1. The van der Waals surface area contributed by atoms with E-state index in [1.807, 2.05) is 38.3 Å². The summed E-state index contributed by atoms with van der Waals surface area (Å²) < 4.78 is 1.39. The van der Waals surface area contributed by atoms with E-state index in [2.05, 4.69) is 10.3 Å². The van der Waals surface area contributed by atoms with E-state index < -0.39 is 0 Å². The molecule has 116 valence electrons. The van der Waals surface area contributed by atoms with Crippen molar-refractivity contribution in [1.29, 1.82) is 0 Å². The number of amides is 1. The van der Waals surface area contributed by atoms with Gasteiger partial charge < -0.3 is 5.32 Å². The normalized spacial score (nSPS) is 10.5. The van der Waals surface area contributed by atoms with Crippen LogP contribution >= 0.6 is 11.8 Å². The molecule has 5 nitrogen and oxygen atoms in total. The Balaban J connectivity index is 2.23. The predicted octanol–water partition coefficient (Wildman–Crippen LogP) is 2.53. The van der Waals surface area contributed by atoms with Crippen LogP contribution in [0.5, 0.6) is 0 Å². The number of hydrogen-bond acceptors (Lipinski definition) is 4. The minimum atomic E-state index is -0.239. The van der Waals surface area contributed by atoms with Gasteiger partial charge >= 0.3 is 0 Å². The summed E-state index contributed by atoms with van der Waals surface area (Å²) in [6.07, 6.45) is 1.83. The molecule has 0 spiro atoms. The fourth-order valence-corrected chi connectivity index (χ4v) is 2.71. The number of thioether (sulfide) groups is 1. The van der Waals surface area contributed by atoms with Gasteiger partial charge in [-0.15, -0.1) is 0 Å². The number of aromatic nitrogens is 2. The van der Waals surface area contributed by atoms with Crippen LogP contribution in [0.1, 0.15) is 16.8 Å². The molecule has 1 aromatic carbocycles. The topological polar surface area (TPSA) is 64.0 Å². The zero-order valence-electron chi connectivity index (χ0n) is 13.1. The molecule has 0 bridgehead atoms. The zero-order chi connectivity index (χ0) is 16.3. The van der Waals surface area contributed by atoms with Crippen molar-refractivity contribution in [1.82, 2.24) is 9.55 Å². The van der Waals surface area contributed by atoms with Crippen molar-refractivity contribution in [3.05, 3.63) is 51.4 Å². The van der Waals surface area contributed by atoms with Gasteiger partial charge in [0.15, 0.2) is 5.16 Å². The Labute approximate surface area is 133 Å². The van der Waals surface area contributed by atoms with Crippen LogP contribution in [0.2, 0.25) is 0 Å². The summed E-state index contributed by atoms with van der Waals surface area (Å²) in [4.78, 5) is 28.6. The Morgan fingerprint density at radius 1 is 1.27 bits per heavy atom. The Morgan fingerprint density at radius 2 is 2.00 bits per heavy atom. The van der Waals surface area contributed by atoms with Gasteiger partial charge in [0, 0.05) is 17.4 Å². The molecule has 0 unspecified atom stereocenters. The Morgan fingerprint density at radius 3 is 2.68 bits per heavy atom. The molecule has 0 aliphatic rings. The molecule has 0 saturated carbocycles. The van der Waals surface area contributed by atoms with Crippen LogP contribution in [0.25, 0.3) is 0 Å². The number of hydrogen-bond donors (Lipinski definition) is 1. The molecule has 0 saturated heterocycles. The maximum atomic E-state index is 12.2. The lowest BCUT2D eigenvalue weighted by atomic mass is 10.1. The molecule has 1 aromatic heterocycles. The molecule has 6 heteroatoms. The highest BCUT2D eigenvalue weighted by Crippen LogP contribution is 2.16. The van der Waals surface area contributed by atoms with Crippen molar-refractivity contribution >= 4 is 23.4 Å². The third kappa shape index (κ3) is 3.76. The summed E-state index contributed by atoms with van der Waals surface area (Å²) in [5.41, 5.74) is 3.26. The van der Waals surface area contributed by atoms with Gasteiger partial charge in [-0.1, -0.05) is 23.9 Å². The van der Waals surface area contributed by atoms with Crippen molar-refractivity contribution in [2.24, 2.45) is 0 Å². The van der Waals surface area contributed by atoms with Crippen LogP contribution in [0.3, 0.4) is 0 Å². The molecule has 0 aliphatic heterocycles. The van der Waals surface area contributed by atoms with Crippen molar-refractivity contribution in [3.8, 4) is 0 Å². The first-order valence-electron chi connectivity index (χ1n) is 6.90. The number of aryl methyl sites for hydroxylation is 3. The van der Waals surface area contributed by atoms with E-state index in [0.717, 1.165) is 16.8 Å². The summed E-state index contributed by atoms with van der Waals surface area (Å²) in [6.45, 7) is 5.62. The van der Waals surface area contributed by atoms with Crippen molar-refractivity contribution in [3.63, 3.8) is 0 Å². The van der Waals surface area contributed by atoms with E-state index in [4.69, 9.17) is 0 Å². The second kappa shape index (κ2) is 6.79. The average Bonchev–Trinajstić information content (AvgIpc) is 2.45. The van der Waals surface area contributed by atoms with Crippen molar-refractivity contribution in [2.45, 2.75) is 32.5 Å². The molecule has 2 aromatic rings. The fourth-order valence-electron chi connectivity index (χ4n) is 2.10. The molecule has 1 heterocycles. The van der Waals surface area contributed by atoms with Crippen LogP contribution < -0.4 is 10.9 Å². The third-order valence-electron chi connectivity index (χ3n) is 3.25. The number of nitrogens with one attached hydrogen (secondary N) is 1. The molecular formula is C16H19N3O2S. The number of anilines is 1. The van der Waals surface area contributed by atoms with Crippen LogP contribution in [0.15, 0.2) is 34.2 Å². The minimum Gasteiger partial charge on any atom is -0.324 e. The van der Waals surface area contributed by atoms with E-state index >= 15 is 0 Å². The molecule has 0 aliphatic carbocycles. The fraction of sp³-hybridized carbons (Fsp3) is 0.312. The average molecular weight is 317 g/mol. The highest BCUT2D eigenvalue weighted by molar-refractivity contribution is 7.98. The number of carbonyl (C=O) groups is 1. The van der Waals surface area contributed by atoms with E-state index in [-0.39, 0.29) is 18.0 Å². The van der Waals surface area contributed by atoms with Gasteiger partial charge in [0.05, 0.1) is 0 Å². The monoisotopic (exact) mass is 317 g/mol. The summed E-state index contributed by atoms with van der Waals surface area (Å²) in [5, 5.41) is 3.40. The van der Waals surface area contributed by atoms with Gasteiger partial charge in [0.25, 0.3) is 5.56 Å². The highest BCUT2D eigenvalue weighted by atomic mass is 32.2. The number of carbonyl (C=O) groups excluding carboxylic acids is 1. The first-order valence-corrected chi connectivity index (χ1v) is 8.12. The van der Waals surface area contributed by atoms with Crippen LogP contribution in [0.4, 0.5) is 5.69 Å². The summed E-state index contributed by atoms with van der Waals surface area (Å²) in [6, 6.07) is 7.30. The quantitative estimate of drug-likeness (QED) is 0.695. The van der Waals surface area contributed by atoms with Crippen LogP contribution in [-0.4, -0.2) is 21.7 Å². The van der Waals surface area contributed by atoms with Crippen LogP contribution in [0, 0.1) is 20.8 Å². The van der Waals surface area contributed by atoms with E-state index in [9.17, 15) is 9.59 Å². The number of nitrogens with zero attached hydrogens (tertiary/aromatic N) is 2. The largest absolute Gasteiger partial charge is 0.324 e. The minimum absolute atomic E-state index is 0.0460. The van der Waals surface area contributed by atoms with Crippen molar-refractivity contribution < 1.29 is 4.79 Å². The van der Waals surface area contributed by atoms with Crippen molar-refractivity contribution in [2.75, 3.05) is 11.6 Å². The summed E-state index contributed by atoms with van der Waals surface area (Å²) in [5.74, 6) is -0.239. The van der Waals surface area contributed by atoms with Gasteiger partial charge in [0.1, 0.15) is 6.54 Å². The van der Waals surface area contributed by atoms with Crippen LogP contribution in [-0.2, 0) is 11.3 Å². The molecular weight excluding hydrogens is 298 g/mol. The standard InChI is InChI=1S/C16H19N3O2S/c1-10-5-6-11(2)13(7-10)18-14(20)9-19-15(21)8-12(3)17-16(19)22-4/h5-8H,9H2,1-4H3,(H,18,20). The molecule has 0 fully saturated rings. The maximum absolute atomic E-state index is 12.2. The van der Waals surface area contributed by atoms with Gasteiger partial charge in [0.2, 0.25) is 5.91 Å². The molecule has 2 rings (SSSR count). The van der Waals surface area contributed by atoms with Gasteiger partial charge in [-0.25, -0.2) is 4.98 Å². The highest BCUT2D eigenvalue weighted by Gasteiger charge is 2.11. The SMILES string of the molecule is CSc1nc(C)cc(=O)n1CC(=O)Nc1cc(C)ccc1C. The van der Waals surface area contributed by atoms with E-state index in [1.165, 1.54) is 22.4 Å². The first-order chi connectivity index (χ1) is 10.4. The van der Waals surface area contributed by atoms with Gasteiger partial charge in [-0.2, -0.15) is 0 Å². The second-order valence-electron chi connectivity index (χ2n) is 5.18. The lowest BCUT2D eigenvalue weighted by Gasteiger charge is -2.12. The summed E-state index contributed by atoms with van der Waals surface area (Å²) >= 11 is 1.35. The van der Waals surface area contributed by atoms with Gasteiger partial charge in [-0.05, 0) is 44.2 Å². The third-order valence-corrected chi connectivity index (χ3v) is 3.93. The smallest absolute Gasteiger partial charge is 0.254 e. The van der Waals surface area contributed by atoms with Gasteiger partial charge in [-0.3, -0.25) is 14.2 Å². The second-order valence-corrected chi connectivity index (χ2v) is 5.95. The predicted molar refractivity (Wildman–Crippen MR) is 89.6 cm³/mol. The number of rotatable bonds is 4. The Bertz CT molecular complexity index is 768. The molecule has 22 heavy (non-hydrogen) atoms. The molecule has 0 radical (unpaired) electrons. The Kier molecular flexibility index (Phi) is 5.03.